The summed E-state index contributed by atoms with van der Waals surface area (Å²) >= 11 is 0. The van der Waals surface area contributed by atoms with Gasteiger partial charge in [0.25, 0.3) is 10.0 Å². The Labute approximate surface area is 172 Å². The number of hydrogen-bond donors (Lipinski definition) is 1. The van der Waals surface area contributed by atoms with Gasteiger partial charge in [-0.3, -0.25) is 9.10 Å². The van der Waals surface area contributed by atoms with Crippen LogP contribution in [0.3, 0.4) is 0 Å². The second kappa shape index (κ2) is 10.2. The monoisotopic (exact) mass is 420 g/mol. The first kappa shape index (κ1) is 22.5. The standard InChI is InChI=1S/C21H28N2O5S/c1-5-9-16(2)22-21(24)15-23(29(25,26)18-10-7-6-8-11-18)19-14-17(27-3)12-13-20(19)28-4/h6-8,10-14,16H,5,9,15H2,1-4H3,(H,22,24). The number of benzene rings is 2. The van der Waals surface area contributed by atoms with Crippen LogP contribution in [0.15, 0.2) is 53.4 Å². The molecule has 0 saturated heterocycles. The summed E-state index contributed by atoms with van der Waals surface area (Å²) in [6.07, 6.45) is 1.72. The SMILES string of the molecule is CCCC(C)NC(=O)CN(c1cc(OC)ccc1OC)S(=O)(=O)c1ccccc1. The van der Waals surface area contributed by atoms with Crippen LogP contribution in [-0.4, -0.2) is 41.1 Å². The number of nitrogens with one attached hydrogen (secondary N) is 1. The van der Waals surface area contributed by atoms with E-state index in [4.69, 9.17) is 9.47 Å². The number of carbonyl (C=O) groups excluding carboxylic acids is 1. The number of methoxy groups -OCH3 is 2. The first-order valence-corrected chi connectivity index (χ1v) is 10.9. The molecule has 2 rings (SSSR count). The predicted octanol–water partition coefficient (Wildman–Crippen LogP) is 3.20. The van der Waals surface area contributed by atoms with E-state index < -0.39 is 15.9 Å². The summed E-state index contributed by atoms with van der Waals surface area (Å²) in [5, 5.41) is 2.85. The molecule has 7 nitrogen and oxygen atoms in total. The zero-order valence-electron chi connectivity index (χ0n) is 17.2. The van der Waals surface area contributed by atoms with Crippen LogP contribution < -0.4 is 19.1 Å². The van der Waals surface area contributed by atoms with Crippen LogP contribution in [-0.2, 0) is 14.8 Å². The fraction of sp³-hybridized carbons (Fsp3) is 0.381. The van der Waals surface area contributed by atoms with Crippen molar-refractivity contribution in [2.75, 3.05) is 25.1 Å². The molecule has 0 bridgehead atoms. The van der Waals surface area contributed by atoms with Gasteiger partial charge in [0.1, 0.15) is 18.0 Å². The van der Waals surface area contributed by atoms with Crippen LogP contribution >= 0.6 is 0 Å². The lowest BCUT2D eigenvalue weighted by molar-refractivity contribution is -0.120. The van der Waals surface area contributed by atoms with Gasteiger partial charge in [-0.05, 0) is 37.6 Å². The quantitative estimate of drug-likeness (QED) is 0.638. The highest BCUT2D eigenvalue weighted by Crippen LogP contribution is 2.35. The van der Waals surface area contributed by atoms with Gasteiger partial charge in [0.15, 0.2) is 0 Å². The lowest BCUT2D eigenvalue weighted by atomic mass is 10.2. The van der Waals surface area contributed by atoms with Crippen LogP contribution in [0.4, 0.5) is 5.69 Å². The van der Waals surface area contributed by atoms with Crippen molar-refractivity contribution < 1.29 is 22.7 Å². The zero-order chi connectivity index (χ0) is 21.4. The van der Waals surface area contributed by atoms with E-state index in [0.717, 1.165) is 17.1 Å². The third kappa shape index (κ3) is 5.63. The Morgan fingerprint density at radius 2 is 1.79 bits per heavy atom. The Morgan fingerprint density at radius 1 is 1.10 bits per heavy atom. The average Bonchev–Trinajstić information content (AvgIpc) is 2.72. The van der Waals surface area contributed by atoms with Crippen LogP contribution in [0.2, 0.25) is 0 Å². The maximum Gasteiger partial charge on any atom is 0.264 e. The fourth-order valence-electron chi connectivity index (χ4n) is 2.97. The van der Waals surface area contributed by atoms with Crippen molar-refractivity contribution in [3.8, 4) is 11.5 Å². The van der Waals surface area contributed by atoms with E-state index >= 15 is 0 Å². The largest absolute Gasteiger partial charge is 0.497 e. The number of nitrogens with zero attached hydrogens (tertiary/aromatic N) is 1. The Hall–Kier alpha value is -2.74. The molecule has 29 heavy (non-hydrogen) atoms. The highest BCUT2D eigenvalue weighted by atomic mass is 32.2. The molecule has 1 N–H and O–H groups in total. The highest BCUT2D eigenvalue weighted by Gasteiger charge is 2.30. The molecule has 1 unspecified atom stereocenters. The van der Waals surface area contributed by atoms with Gasteiger partial charge < -0.3 is 14.8 Å². The van der Waals surface area contributed by atoms with Crippen molar-refractivity contribution in [2.45, 2.75) is 37.6 Å². The molecule has 1 atom stereocenters. The molecular weight excluding hydrogens is 392 g/mol. The average molecular weight is 421 g/mol. The third-order valence-corrected chi connectivity index (χ3v) is 6.18. The van der Waals surface area contributed by atoms with E-state index in [0.29, 0.717) is 11.5 Å². The maximum atomic E-state index is 13.4. The number of ether oxygens (including phenoxy) is 2. The Bertz CT molecular complexity index is 916. The number of sulfonamides is 1. The van der Waals surface area contributed by atoms with E-state index in [9.17, 15) is 13.2 Å². The number of hydrogen-bond acceptors (Lipinski definition) is 5. The summed E-state index contributed by atoms with van der Waals surface area (Å²) < 4.78 is 38.5. The maximum absolute atomic E-state index is 13.4. The summed E-state index contributed by atoms with van der Waals surface area (Å²) in [5.41, 5.74) is 0.231. The topological polar surface area (TPSA) is 84.9 Å². The molecule has 0 aliphatic heterocycles. The molecule has 2 aromatic carbocycles. The normalized spacial score (nSPS) is 12.1. The second-order valence-corrected chi connectivity index (χ2v) is 8.48. The number of carbonyl (C=O) groups is 1. The first-order valence-electron chi connectivity index (χ1n) is 9.42. The van der Waals surface area contributed by atoms with Gasteiger partial charge >= 0.3 is 0 Å². The number of amides is 1. The van der Waals surface area contributed by atoms with E-state index in [2.05, 4.69) is 5.32 Å². The van der Waals surface area contributed by atoms with Gasteiger partial charge in [0, 0.05) is 12.1 Å². The van der Waals surface area contributed by atoms with Gasteiger partial charge in [-0.2, -0.15) is 0 Å². The summed E-state index contributed by atoms with van der Waals surface area (Å²) in [6.45, 7) is 3.54. The van der Waals surface area contributed by atoms with Gasteiger partial charge in [-0.15, -0.1) is 0 Å². The molecule has 0 aromatic heterocycles. The van der Waals surface area contributed by atoms with Crippen LogP contribution in [0.5, 0.6) is 11.5 Å². The van der Waals surface area contributed by atoms with Gasteiger partial charge in [0.05, 0.1) is 24.8 Å². The van der Waals surface area contributed by atoms with Crippen LogP contribution in [0, 0.1) is 0 Å². The molecule has 0 heterocycles. The molecule has 0 aliphatic carbocycles. The lowest BCUT2D eigenvalue weighted by Gasteiger charge is -2.26. The molecular formula is C21H28N2O5S. The Balaban J connectivity index is 2.51. The van der Waals surface area contributed by atoms with Crippen molar-refractivity contribution in [1.82, 2.24) is 5.32 Å². The molecule has 0 radical (unpaired) electrons. The zero-order valence-corrected chi connectivity index (χ0v) is 18.0. The minimum atomic E-state index is -4.02. The smallest absolute Gasteiger partial charge is 0.264 e. The van der Waals surface area contributed by atoms with E-state index in [1.165, 1.54) is 26.4 Å². The Kier molecular flexibility index (Phi) is 7.90. The minimum Gasteiger partial charge on any atom is -0.497 e. The fourth-order valence-corrected chi connectivity index (χ4v) is 4.41. The molecule has 0 saturated carbocycles. The Morgan fingerprint density at radius 3 is 2.38 bits per heavy atom. The molecule has 1 amide bonds. The second-order valence-electron chi connectivity index (χ2n) is 6.62. The van der Waals surface area contributed by atoms with Crippen LogP contribution in [0.1, 0.15) is 26.7 Å². The van der Waals surface area contributed by atoms with Crippen molar-refractivity contribution >= 4 is 21.6 Å². The van der Waals surface area contributed by atoms with Crippen molar-refractivity contribution in [2.24, 2.45) is 0 Å². The molecule has 2 aromatic rings. The van der Waals surface area contributed by atoms with Gasteiger partial charge in [-0.1, -0.05) is 31.5 Å². The van der Waals surface area contributed by atoms with E-state index in [1.807, 2.05) is 13.8 Å². The molecule has 158 valence electrons. The van der Waals surface area contributed by atoms with Gasteiger partial charge in [-0.25, -0.2) is 8.42 Å². The van der Waals surface area contributed by atoms with E-state index in [1.54, 1.807) is 36.4 Å². The van der Waals surface area contributed by atoms with Crippen molar-refractivity contribution in [1.29, 1.82) is 0 Å². The summed E-state index contributed by atoms with van der Waals surface area (Å²) in [4.78, 5) is 12.7. The predicted molar refractivity (Wildman–Crippen MR) is 113 cm³/mol. The van der Waals surface area contributed by atoms with E-state index in [-0.39, 0.29) is 23.2 Å². The van der Waals surface area contributed by atoms with Crippen molar-refractivity contribution in [3.05, 3.63) is 48.5 Å². The molecule has 8 heteroatoms. The van der Waals surface area contributed by atoms with Crippen LogP contribution in [0.25, 0.3) is 0 Å². The molecule has 0 spiro atoms. The number of anilines is 1. The third-order valence-electron chi connectivity index (χ3n) is 4.40. The molecule has 0 aliphatic rings. The lowest BCUT2D eigenvalue weighted by Crippen LogP contribution is -2.43. The summed E-state index contributed by atoms with van der Waals surface area (Å²) in [7, 11) is -1.08. The van der Waals surface area contributed by atoms with Gasteiger partial charge in [0.2, 0.25) is 5.91 Å². The molecule has 0 fully saturated rings. The summed E-state index contributed by atoms with van der Waals surface area (Å²) in [6, 6.07) is 12.8. The van der Waals surface area contributed by atoms with Crippen molar-refractivity contribution in [3.63, 3.8) is 0 Å². The highest BCUT2D eigenvalue weighted by molar-refractivity contribution is 7.92. The number of rotatable bonds is 10. The summed E-state index contributed by atoms with van der Waals surface area (Å²) in [5.74, 6) is 0.379. The minimum absolute atomic E-state index is 0.0546. The first-order chi connectivity index (χ1) is 13.8.